The highest BCUT2D eigenvalue weighted by Gasteiger charge is 2.17. The first-order valence-corrected chi connectivity index (χ1v) is 6.21. The van der Waals surface area contributed by atoms with Gasteiger partial charge in [0.25, 0.3) is 0 Å². The number of ether oxygens (including phenoxy) is 2. The van der Waals surface area contributed by atoms with Gasteiger partial charge in [0.15, 0.2) is 0 Å². The van der Waals surface area contributed by atoms with E-state index in [1.165, 1.54) is 12.7 Å². The van der Waals surface area contributed by atoms with E-state index in [2.05, 4.69) is 20.8 Å². The highest BCUT2D eigenvalue weighted by Crippen LogP contribution is 2.28. The predicted octanol–water partition coefficient (Wildman–Crippen LogP) is 3.10. The Hall–Kier alpha value is -1.51. The Kier molecular flexibility index (Phi) is 4.76. The zero-order valence-electron chi connectivity index (χ0n) is 11.9. The first-order valence-electron chi connectivity index (χ1n) is 6.21. The molecule has 100 valence electrons. The number of methoxy groups -OCH3 is 1. The van der Waals surface area contributed by atoms with Gasteiger partial charge in [0, 0.05) is 5.56 Å². The van der Waals surface area contributed by atoms with Crippen LogP contribution in [0.4, 0.5) is 0 Å². The average Bonchev–Trinajstić information content (AvgIpc) is 2.30. The van der Waals surface area contributed by atoms with Crippen molar-refractivity contribution >= 4 is 5.97 Å². The molecule has 18 heavy (non-hydrogen) atoms. The monoisotopic (exact) mass is 250 g/mol. The fraction of sp³-hybridized carbons (Fsp3) is 0.533. The van der Waals surface area contributed by atoms with Crippen molar-refractivity contribution in [1.82, 2.24) is 0 Å². The van der Waals surface area contributed by atoms with Crippen LogP contribution in [0.5, 0.6) is 5.75 Å². The second-order valence-corrected chi connectivity index (χ2v) is 5.26. The Morgan fingerprint density at radius 2 is 1.94 bits per heavy atom. The van der Waals surface area contributed by atoms with Crippen LogP contribution in [0.15, 0.2) is 18.2 Å². The van der Waals surface area contributed by atoms with Gasteiger partial charge in [0.05, 0.1) is 20.1 Å². The summed E-state index contributed by atoms with van der Waals surface area (Å²) in [5, 5.41) is 0. The van der Waals surface area contributed by atoms with E-state index < -0.39 is 0 Å². The van der Waals surface area contributed by atoms with Crippen LogP contribution in [0.3, 0.4) is 0 Å². The molecule has 0 bridgehead atoms. The second-order valence-electron chi connectivity index (χ2n) is 5.26. The van der Waals surface area contributed by atoms with E-state index in [1.807, 2.05) is 25.1 Å². The van der Waals surface area contributed by atoms with E-state index in [-0.39, 0.29) is 17.8 Å². The van der Waals surface area contributed by atoms with Crippen molar-refractivity contribution in [2.24, 2.45) is 0 Å². The van der Waals surface area contributed by atoms with Gasteiger partial charge in [-0.3, -0.25) is 4.79 Å². The van der Waals surface area contributed by atoms with Crippen molar-refractivity contribution in [2.45, 2.75) is 39.5 Å². The fourth-order valence-corrected chi connectivity index (χ4v) is 1.71. The summed E-state index contributed by atoms with van der Waals surface area (Å²) >= 11 is 0. The van der Waals surface area contributed by atoms with Gasteiger partial charge < -0.3 is 9.47 Å². The van der Waals surface area contributed by atoms with Gasteiger partial charge in [-0.05, 0) is 24.0 Å². The Bertz CT molecular complexity index is 416. The van der Waals surface area contributed by atoms with Crippen molar-refractivity contribution in [3.63, 3.8) is 0 Å². The van der Waals surface area contributed by atoms with E-state index in [0.717, 1.165) is 11.3 Å². The minimum absolute atomic E-state index is 0.0512. The van der Waals surface area contributed by atoms with Gasteiger partial charge in [0.1, 0.15) is 5.75 Å². The molecule has 1 aromatic rings. The molecule has 0 atom stereocenters. The summed E-state index contributed by atoms with van der Waals surface area (Å²) < 4.78 is 10.3. The third kappa shape index (κ3) is 3.76. The zero-order valence-corrected chi connectivity index (χ0v) is 11.9. The number of esters is 1. The van der Waals surface area contributed by atoms with Gasteiger partial charge >= 0.3 is 5.97 Å². The number of hydrogen-bond donors (Lipinski definition) is 0. The molecule has 0 aliphatic rings. The zero-order chi connectivity index (χ0) is 13.8. The highest BCUT2D eigenvalue weighted by molar-refractivity contribution is 5.73. The summed E-state index contributed by atoms with van der Waals surface area (Å²) in [6.45, 7) is 8.95. The van der Waals surface area contributed by atoms with Crippen molar-refractivity contribution in [1.29, 1.82) is 0 Å². The van der Waals surface area contributed by atoms with Crippen LogP contribution in [-0.4, -0.2) is 19.7 Å². The van der Waals surface area contributed by atoms with E-state index in [4.69, 9.17) is 9.47 Å². The minimum Gasteiger partial charge on any atom is -0.494 e. The molecule has 1 aromatic carbocycles. The quantitative estimate of drug-likeness (QED) is 0.770. The molecule has 0 aromatic heterocycles. The molecule has 0 radical (unpaired) electrons. The SMILES string of the molecule is CCOc1ccc(C(C)(C)C)cc1CC(=O)OC. The Labute approximate surface area is 109 Å². The summed E-state index contributed by atoms with van der Waals surface area (Å²) in [5.41, 5.74) is 2.12. The summed E-state index contributed by atoms with van der Waals surface area (Å²) in [6, 6.07) is 6.01. The van der Waals surface area contributed by atoms with Crippen molar-refractivity contribution in [2.75, 3.05) is 13.7 Å². The molecule has 0 N–H and O–H groups in total. The molecule has 3 heteroatoms. The third-order valence-corrected chi connectivity index (χ3v) is 2.79. The van der Waals surface area contributed by atoms with Crippen LogP contribution >= 0.6 is 0 Å². The molecular formula is C15H22O3. The van der Waals surface area contributed by atoms with E-state index in [0.29, 0.717) is 6.61 Å². The van der Waals surface area contributed by atoms with Crippen LogP contribution in [0.2, 0.25) is 0 Å². The molecule has 0 spiro atoms. The predicted molar refractivity (Wildman–Crippen MR) is 72.0 cm³/mol. The largest absolute Gasteiger partial charge is 0.494 e. The van der Waals surface area contributed by atoms with E-state index in [9.17, 15) is 4.79 Å². The molecular weight excluding hydrogens is 228 g/mol. The normalized spacial score (nSPS) is 11.2. The van der Waals surface area contributed by atoms with Gasteiger partial charge in [-0.15, -0.1) is 0 Å². The molecule has 0 fully saturated rings. The van der Waals surface area contributed by atoms with Gasteiger partial charge in [-0.25, -0.2) is 0 Å². The Morgan fingerprint density at radius 3 is 2.44 bits per heavy atom. The van der Waals surface area contributed by atoms with Crippen molar-refractivity contribution in [3.05, 3.63) is 29.3 Å². The minimum atomic E-state index is -0.248. The summed E-state index contributed by atoms with van der Waals surface area (Å²) in [6.07, 6.45) is 0.246. The lowest BCUT2D eigenvalue weighted by atomic mass is 9.85. The lowest BCUT2D eigenvalue weighted by Crippen LogP contribution is -2.13. The number of rotatable bonds is 4. The standard InChI is InChI=1S/C15H22O3/c1-6-18-13-8-7-12(15(2,3)4)9-11(13)10-14(16)17-5/h7-9H,6,10H2,1-5H3. The topological polar surface area (TPSA) is 35.5 Å². The third-order valence-electron chi connectivity index (χ3n) is 2.79. The number of benzene rings is 1. The van der Waals surface area contributed by atoms with Crippen LogP contribution < -0.4 is 4.74 Å². The number of hydrogen-bond acceptors (Lipinski definition) is 3. The average molecular weight is 250 g/mol. The first-order chi connectivity index (χ1) is 8.38. The smallest absolute Gasteiger partial charge is 0.310 e. The van der Waals surface area contributed by atoms with Gasteiger partial charge in [-0.1, -0.05) is 32.9 Å². The fourth-order valence-electron chi connectivity index (χ4n) is 1.71. The molecule has 0 aliphatic heterocycles. The molecule has 3 nitrogen and oxygen atoms in total. The first kappa shape index (κ1) is 14.6. The second kappa shape index (κ2) is 5.89. The summed E-state index contributed by atoms with van der Waals surface area (Å²) in [4.78, 5) is 11.4. The molecule has 0 saturated heterocycles. The van der Waals surface area contributed by atoms with Gasteiger partial charge in [-0.2, -0.15) is 0 Å². The molecule has 1 rings (SSSR count). The van der Waals surface area contributed by atoms with Crippen LogP contribution in [0.1, 0.15) is 38.8 Å². The maximum absolute atomic E-state index is 11.4. The Morgan fingerprint density at radius 1 is 1.28 bits per heavy atom. The Balaban J connectivity index is 3.11. The van der Waals surface area contributed by atoms with Crippen LogP contribution in [-0.2, 0) is 21.4 Å². The van der Waals surface area contributed by atoms with E-state index >= 15 is 0 Å². The highest BCUT2D eigenvalue weighted by atomic mass is 16.5. The number of carbonyl (C=O) groups is 1. The van der Waals surface area contributed by atoms with Crippen LogP contribution in [0, 0.1) is 0 Å². The maximum Gasteiger partial charge on any atom is 0.310 e. The molecule has 0 saturated carbocycles. The van der Waals surface area contributed by atoms with Gasteiger partial charge in [0.2, 0.25) is 0 Å². The number of carbonyl (C=O) groups excluding carboxylic acids is 1. The van der Waals surface area contributed by atoms with E-state index in [1.54, 1.807) is 0 Å². The molecule has 0 amide bonds. The molecule has 0 unspecified atom stereocenters. The lowest BCUT2D eigenvalue weighted by molar-refractivity contribution is -0.139. The molecule has 0 heterocycles. The summed E-state index contributed by atoms with van der Waals surface area (Å²) in [5.74, 6) is 0.512. The lowest BCUT2D eigenvalue weighted by Gasteiger charge is -2.21. The summed E-state index contributed by atoms with van der Waals surface area (Å²) in [7, 11) is 1.40. The maximum atomic E-state index is 11.4. The van der Waals surface area contributed by atoms with Crippen molar-refractivity contribution < 1.29 is 14.3 Å². The van der Waals surface area contributed by atoms with Crippen LogP contribution in [0.25, 0.3) is 0 Å². The molecule has 0 aliphatic carbocycles. The van der Waals surface area contributed by atoms with Crippen molar-refractivity contribution in [3.8, 4) is 5.75 Å².